The van der Waals surface area contributed by atoms with E-state index in [9.17, 15) is 4.79 Å². The van der Waals surface area contributed by atoms with Gasteiger partial charge in [0.2, 0.25) is 5.91 Å². The molecule has 5 rings (SSSR count). The molecule has 1 aromatic heterocycles. The molecular formula is C22H24N4O. The summed E-state index contributed by atoms with van der Waals surface area (Å²) in [5, 5.41) is 5.55. The van der Waals surface area contributed by atoms with Crippen LogP contribution in [0.5, 0.6) is 0 Å². The molecule has 0 aliphatic carbocycles. The van der Waals surface area contributed by atoms with E-state index in [4.69, 9.17) is 0 Å². The zero-order valence-electron chi connectivity index (χ0n) is 15.6. The van der Waals surface area contributed by atoms with Gasteiger partial charge in [0, 0.05) is 30.9 Å². The number of carbonyl (C=O) groups is 1. The number of anilines is 1. The van der Waals surface area contributed by atoms with Gasteiger partial charge in [-0.25, -0.2) is 0 Å². The molecule has 2 fully saturated rings. The van der Waals surface area contributed by atoms with Crippen molar-refractivity contribution in [1.29, 1.82) is 0 Å². The van der Waals surface area contributed by atoms with Crippen LogP contribution in [-0.2, 0) is 17.9 Å². The summed E-state index contributed by atoms with van der Waals surface area (Å²) in [6, 6.07) is 16.6. The Morgan fingerprint density at radius 3 is 2.78 bits per heavy atom. The minimum Gasteiger partial charge on any atom is -0.310 e. The van der Waals surface area contributed by atoms with Crippen LogP contribution in [0.2, 0.25) is 0 Å². The topological polar surface area (TPSA) is 41.4 Å². The molecule has 1 amide bonds. The second kappa shape index (κ2) is 6.50. The molecule has 0 unspecified atom stereocenters. The highest BCUT2D eigenvalue weighted by molar-refractivity contribution is 6.06. The fourth-order valence-corrected chi connectivity index (χ4v) is 4.75. The molecule has 0 spiro atoms. The minimum atomic E-state index is 0.00156. The van der Waals surface area contributed by atoms with Crippen molar-refractivity contribution in [2.24, 2.45) is 5.92 Å². The number of hydrogen-bond acceptors (Lipinski definition) is 3. The maximum Gasteiger partial charge on any atom is 0.244 e. The third-order valence-electron chi connectivity index (χ3n) is 6.05. The van der Waals surface area contributed by atoms with Gasteiger partial charge in [-0.1, -0.05) is 36.4 Å². The first-order valence-corrected chi connectivity index (χ1v) is 9.80. The summed E-state index contributed by atoms with van der Waals surface area (Å²) >= 11 is 0. The summed E-state index contributed by atoms with van der Waals surface area (Å²) in [4.78, 5) is 17.7. The second-order valence-electron chi connectivity index (χ2n) is 7.57. The number of aromatic nitrogens is 2. The maximum absolute atomic E-state index is 13.4. The van der Waals surface area contributed by atoms with E-state index in [1.54, 1.807) is 0 Å². The van der Waals surface area contributed by atoms with Crippen molar-refractivity contribution in [1.82, 2.24) is 14.7 Å². The lowest BCUT2D eigenvalue weighted by atomic mass is 10.0. The summed E-state index contributed by atoms with van der Waals surface area (Å²) in [5.41, 5.74) is 3.38. The standard InChI is InChI=1S/C22H24N4O/c1-2-26-20-10-6-9-19(18(20)13-23-26)25-15-17-11-12-24(21(17)22(25)27)14-16-7-4-3-5-8-16/h3-10,13,17,21H,2,11-12,14-15H2,1H3/t17-,21-/m0/s1. The Hall–Kier alpha value is -2.66. The highest BCUT2D eigenvalue weighted by Crippen LogP contribution is 2.38. The molecule has 5 heteroatoms. The Morgan fingerprint density at radius 2 is 1.96 bits per heavy atom. The van der Waals surface area contributed by atoms with E-state index >= 15 is 0 Å². The third-order valence-corrected chi connectivity index (χ3v) is 6.05. The van der Waals surface area contributed by atoms with Crippen LogP contribution < -0.4 is 4.90 Å². The van der Waals surface area contributed by atoms with Crippen LogP contribution in [0.15, 0.2) is 54.7 Å². The van der Waals surface area contributed by atoms with Gasteiger partial charge in [0.25, 0.3) is 0 Å². The Bertz CT molecular complexity index is 980. The Morgan fingerprint density at radius 1 is 1.11 bits per heavy atom. The van der Waals surface area contributed by atoms with Crippen molar-refractivity contribution in [2.45, 2.75) is 32.5 Å². The van der Waals surface area contributed by atoms with Crippen LogP contribution in [0.3, 0.4) is 0 Å². The summed E-state index contributed by atoms with van der Waals surface area (Å²) in [6.45, 7) is 5.58. The van der Waals surface area contributed by atoms with Crippen LogP contribution in [-0.4, -0.2) is 39.7 Å². The van der Waals surface area contributed by atoms with Crippen LogP contribution in [0.1, 0.15) is 18.9 Å². The molecule has 2 saturated heterocycles. The molecule has 0 N–H and O–H groups in total. The van der Waals surface area contributed by atoms with Crippen LogP contribution in [0.25, 0.3) is 10.9 Å². The van der Waals surface area contributed by atoms with Gasteiger partial charge in [0.05, 0.1) is 23.4 Å². The van der Waals surface area contributed by atoms with Gasteiger partial charge in [-0.05, 0) is 37.6 Å². The summed E-state index contributed by atoms with van der Waals surface area (Å²) in [6.07, 6.45) is 2.99. The van der Waals surface area contributed by atoms with Crippen molar-refractivity contribution in [3.63, 3.8) is 0 Å². The molecule has 3 aromatic rings. The number of amides is 1. The molecule has 27 heavy (non-hydrogen) atoms. The lowest BCUT2D eigenvalue weighted by molar-refractivity contribution is -0.121. The average molecular weight is 360 g/mol. The second-order valence-corrected chi connectivity index (χ2v) is 7.57. The molecular weight excluding hydrogens is 336 g/mol. The Balaban J connectivity index is 1.44. The summed E-state index contributed by atoms with van der Waals surface area (Å²) in [5.74, 6) is 0.655. The quantitative estimate of drug-likeness (QED) is 0.717. The number of likely N-dealkylation sites (tertiary alicyclic amines) is 1. The lowest BCUT2D eigenvalue weighted by Crippen LogP contribution is -2.39. The monoisotopic (exact) mass is 360 g/mol. The largest absolute Gasteiger partial charge is 0.310 e. The third kappa shape index (κ3) is 2.65. The first-order valence-electron chi connectivity index (χ1n) is 9.80. The normalized spacial score (nSPS) is 22.7. The molecule has 0 radical (unpaired) electrons. The van der Waals surface area contributed by atoms with Crippen LogP contribution in [0.4, 0.5) is 5.69 Å². The number of fused-ring (bicyclic) bond motifs is 2. The molecule has 0 saturated carbocycles. The van der Waals surface area contributed by atoms with Crippen molar-refractivity contribution in [2.75, 3.05) is 18.0 Å². The predicted molar refractivity (Wildman–Crippen MR) is 107 cm³/mol. The van der Waals surface area contributed by atoms with Gasteiger partial charge in [-0.2, -0.15) is 5.10 Å². The van der Waals surface area contributed by atoms with Gasteiger partial charge < -0.3 is 4.90 Å². The first kappa shape index (κ1) is 16.5. The predicted octanol–water partition coefficient (Wildman–Crippen LogP) is 3.29. The highest BCUT2D eigenvalue weighted by Gasteiger charge is 2.48. The lowest BCUT2D eigenvalue weighted by Gasteiger charge is -2.24. The summed E-state index contributed by atoms with van der Waals surface area (Å²) < 4.78 is 1.99. The van der Waals surface area contributed by atoms with Gasteiger partial charge in [-0.3, -0.25) is 14.4 Å². The van der Waals surface area contributed by atoms with E-state index in [0.717, 1.165) is 49.2 Å². The fraction of sp³-hybridized carbons (Fsp3) is 0.364. The van der Waals surface area contributed by atoms with Crippen molar-refractivity contribution in [3.8, 4) is 0 Å². The number of rotatable bonds is 4. The SMILES string of the molecule is CCn1ncc2c(N3C[C@@H]4CCN(Cc5ccccc5)[C@@H]4C3=O)cccc21. The molecule has 5 nitrogen and oxygen atoms in total. The Kier molecular flexibility index (Phi) is 3.97. The zero-order valence-corrected chi connectivity index (χ0v) is 15.6. The Labute approximate surface area is 159 Å². The van der Waals surface area contributed by atoms with Crippen molar-refractivity contribution >= 4 is 22.5 Å². The number of benzene rings is 2. The van der Waals surface area contributed by atoms with E-state index in [-0.39, 0.29) is 11.9 Å². The fourth-order valence-electron chi connectivity index (χ4n) is 4.75. The average Bonchev–Trinajstić information content (AvgIpc) is 3.38. The molecule has 138 valence electrons. The van der Waals surface area contributed by atoms with Crippen molar-refractivity contribution < 1.29 is 4.79 Å². The minimum absolute atomic E-state index is 0.00156. The first-order chi connectivity index (χ1) is 13.3. The molecule has 2 atom stereocenters. The van der Waals surface area contributed by atoms with Gasteiger partial charge in [-0.15, -0.1) is 0 Å². The van der Waals surface area contributed by atoms with Gasteiger partial charge in [0.15, 0.2) is 0 Å². The van der Waals surface area contributed by atoms with Crippen LogP contribution >= 0.6 is 0 Å². The van der Waals surface area contributed by atoms with Crippen LogP contribution in [0, 0.1) is 5.92 Å². The van der Waals surface area contributed by atoms with Crippen molar-refractivity contribution in [3.05, 3.63) is 60.3 Å². The van der Waals surface area contributed by atoms with E-state index in [1.165, 1.54) is 5.56 Å². The molecule has 0 bridgehead atoms. The number of carbonyl (C=O) groups excluding carboxylic acids is 1. The number of aryl methyl sites for hydroxylation is 1. The van der Waals surface area contributed by atoms with E-state index in [0.29, 0.717) is 5.92 Å². The molecule has 2 aliphatic heterocycles. The van der Waals surface area contributed by atoms with Gasteiger partial charge >= 0.3 is 0 Å². The van der Waals surface area contributed by atoms with Gasteiger partial charge in [0.1, 0.15) is 0 Å². The highest BCUT2D eigenvalue weighted by atomic mass is 16.2. The number of nitrogens with zero attached hydrogens (tertiary/aromatic N) is 4. The number of hydrogen-bond donors (Lipinski definition) is 0. The van der Waals surface area contributed by atoms with E-state index in [1.807, 2.05) is 27.9 Å². The molecule has 2 aromatic carbocycles. The smallest absolute Gasteiger partial charge is 0.244 e. The van der Waals surface area contributed by atoms with E-state index < -0.39 is 0 Å². The summed E-state index contributed by atoms with van der Waals surface area (Å²) in [7, 11) is 0. The molecule has 2 aliphatic rings. The van der Waals surface area contributed by atoms with E-state index in [2.05, 4.69) is 53.3 Å². The molecule has 3 heterocycles. The zero-order chi connectivity index (χ0) is 18.4. The maximum atomic E-state index is 13.4.